The van der Waals surface area contributed by atoms with Crippen LogP contribution >= 0.6 is 15.9 Å². The maximum Gasteiger partial charge on any atom is 0.407 e. The van der Waals surface area contributed by atoms with E-state index < -0.39 is 11.7 Å². The van der Waals surface area contributed by atoms with Gasteiger partial charge in [-0.1, -0.05) is 48.0 Å². The molecule has 0 aliphatic heterocycles. The first kappa shape index (κ1) is 17.0. The first-order chi connectivity index (χ1) is 8.38. The lowest BCUT2D eigenvalue weighted by Crippen LogP contribution is -2.32. The summed E-state index contributed by atoms with van der Waals surface area (Å²) < 4.78 is 6.11. The van der Waals surface area contributed by atoms with Crippen LogP contribution in [0.3, 0.4) is 0 Å². The van der Waals surface area contributed by atoms with Gasteiger partial charge in [0.1, 0.15) is 5.60 Å². The SMILES string of the molecule is CC.CC(C)(C)OC(=O)NCc1ccccc1Br. The smallest absolute Gasteiger partial charge is 0.407 e. The Morgan fingerprint density at radius 2 is 1.83 bits per heavy atom. The molecule has 0 atom stereocenters. The second-order valence-corrected chi connectivity index (χ2v) is 5.30. The number of hydrogen-bond donors (Lipinski definition) is 1. The molecule has 1 rings (SSSR count). The maximum atomic E-state index is 11.4. The molecule has 0 unspecified atom stereocenters. The quantitative estimate of drug-likeness (QED) is 0.872. The van der Waals surface area contributed by atoms with Crippen LogP contribution in [0.2, 0.25) is 0 Å². The molecule has 18 heavy (non-hydrogen) atoms. The first-order valence-corrected chi connectivity index (χ1v) is 6.88. The van der Waals surface area contributed by atoms with Gasteiger partial charge in [0.2, 0.25) is 0 Å². The molecule has 0 aliphatic rings. The first-order valence-electron chi connectivity index (χ1n) is 6.09. The molecular formula is C14H22BrNO2. The normalized spacial score (nSPS) is 10.1. The number of alkyl carbamates (subject to hydrolysis) is 1. The van der Waals surface area contributed by atoms with Crippen LogP contribution in [0.1, 0.15) is 40.2 Å². The second-order valence-electron chi connectivity index (χ2n) is 4.45. The van der Waals surface area contributed by atoms with Crippen molar-refractivity contribution < 1.29 is 9.53 Å². The third kappa shape index (κ3) is 7.33. The summed E-state index contributed by atoms with van der Waals surface area (Å²) in [4.78, 5) is 11.4. The van der Waals surface area contributed by atoms with E-state index in [-0.39, 0.29) is 0 Å². The van der Waals surface area contributed by atoms with Gasteiger partial charge in [-0.2, -0.15) is 0 Å². The Hall–Kier alpha value is -1.03. The van der Waals surface area contributed by atoms with E-state index in [0.717, 1.165) is 10.0 Å². The van der Waals surface area contributed by atoms with Crippen molar-refractivity contribution in [1.82, 2.24) is 5.32 Å². The van der Waals surface area contributed by atoms with Crippen molar-refractivity contribution in [3.05, 3.63) is 34.3 Å². The van der Waals surface area contributed by atoms with Crippen molar-refractivity contribution in [2.24, 2.45) is 0 Å². The lowest BCUT2D eigenvalue weighted by atomic mass is 10.2. The molecule has 4 heteroatoms. The van der Waals surface area contributed by atoms with Crippen LogP contribution in [-0.2, 0) is 11.3 Å². The van der Waals surface area contributed by atoms with E-state index in [2.05, 4.69) is 21.2 Å². The van der Waals surface area contributed by atoms with Crippen molar-refractivity contribution in [2.75, 3.05) is 0 Å². The number of amides is 1. The van der Waals surface area contributed by atoms with Gasteiger partial charge in [0.25, 0.3) is 0 Å². The molecular weight excluding hydrogens is 294 g/mol. The summed E-state index contributed by atoms with van der Waals surface area (Å²) in [6.07, 6.45) is -0.400. The molecule has 0 radical (unpaired) electrons. The summed E-state index contributed by atoms with van der Waals surface area (Å²) in [6, 6.07) is 7.74. The number of carbonyl (C=O) groups excluding carboxylic acids is 1. The van der Waals surface area contributed by atoms with E-state index in [1.54, 1.807) is 0 Å². The molecule has 0 spiro atoms. The molecule has 3 nitrogen and oxygen atoms in total. The summed E-state index contributed by atoms with van der Waals surface area (Å²) in [7, 11) is 0. The number of rotatable bonds is 2. The topological polar surface area (TPSA) is 38.3 Å². The van der Waals surface area contributed by atoms with Crippen molar-refractivity contribution in [3.63, 3.8) is 0 Å². The third-order valence-corrected chi connectivity index (χ3v) is 2.55. The lowest BCUT2D eigenvalue weighted by Gasteiger charge is -2.19. The molecule has 0 saturated heterocycles. The van der Waals surface area contributed by atoms with Crippen LogP contribution < -0.4 is 5.32 Å². The maximum absolute atomic E-state index is 11.4. The Bertz CT molecular complexity index is 372. The fraction of sp³-hybridized carbons (Fsp3) is 0.500. The van der Waals surface area contributed by atoms with Crippen LogP contribution in [0.25, 0.3) is 0 Å². The van der Waals surface area contributed by atoms with Gasteiger partial charge in [-0.15, -0.1) is 0 Å². The lowest BCUT2D eigenvalue weighted by molar-refractivity contribution is 0.0523. The average Bonchev–Trinajstić information content (AvgIpc) is 2.28. The third-order valence-electron chi connectivity index (χ3n) is 1.78. The van der Waals surface area contributed by atoms with Crippen molar-refractivity contribution in [1.29, 1.82) is 0 Å². The number of benzene rings is 1. The van der Waals surface area contributed by atoms with Gasteiger partial charge < -0.3 is 10.1 Å². The summed E-state index contributed by atoms with van der Waals surface area (Å²) in [5.74, 6) is 0. The zero-order valence-corrected chi connectivity index (χ0v) is 13.3. The van der Waals surface area contributed by atoms with Crippen LogP contribution in [0.4, 0.5) is 4.79 Å². The van der Waals surface area contributed by atoms with Gasteiger partial charge in [-0.3, -0.25) is 0 Å². The van der Waals surface area contributed by atoms with Crippen LogP contribution in [0.15, 0.2) is 28.7 Å². The van der Waals surface area contributed by atoms with Gasteiger partial charge >= 0.3 is 6.09 Å². The van der Waals surface area contributed by atoms with E-state index in [1.807, 2.05) is 58.9 Å². The molecule has 0 aliphatic carbocycles. The van der Waals surface area contributed by atoms with Crippen molar-refractivity contribution in [2.45, 2.75) is 46.8 Å². The predicted molar refractivity (Wildman–Crippen MR) is 78.6 cm³/mol. The Morgan fingerprint density at radius 3 is 2.33 bits per heavy atom. The Balaban J connectivity index is 0.00000137. The Morgan fingerprint density at radius 1 is 1.28 bits per heavy atom. The highest BCUT2D eigenvalue weighted by Crippen LogP contribution is 2.15. The standard InChI is InChI=1S/C12H16BrNO2.C2H6/c1-12(2,3)16-11(15)14-8-9-6-4-5-7-10(9)13;1-2/h4-7H,8H2,1-3H3,(H,14,15);1-2H3. The molecule has 1 aromatic rings. The molecule has 1 N–H and O–H groups in total. The number of ether oxygens (including phenoxy) is 1. The zero-order valence-electron chi connectivity index (χ0n) is 11.7. The average molecular weight is 316 g/mol. The monoisotopic (exact) mass is 315 g/mol. The van der Waals surface area contributed by atoms with Gasteiger partial charge in [0.15, 0.2) is 0 Å². The molecule has 1 aromatic carbocycles. The number of nitrogens with one attached hydrogen (secondary N) is 1. The molecule has 0 heterocycles. The van der Waals surface area contributed by atoms with E-state index in [4.69, 9.17) is 4.74 Å². The molecule has 0 fully saturated rings. The van der Waals surface area contributed by atoms with Gasteiger partial charge in [-0.25, -0.2) is 4.79 Å². The minimum atomic E-state index is -0.460. The van der Waals surface area contributed by atoms with E-state index in [1.165, 1.54) is 0 Å². The summed E-state index contributed by atoms with van der Waals surface area (Å²) in [5.41, 5.74) is 0.561. The summed E-state index contributed by atoms with van der Waals surface area (Å²) >= 11 is 3.42. The molecule has 0 saturated carbocycles. The van der Waals surface area contributed by atoms with E-state index in [0.29, 0.717) is 6.54 Å². The summed E-state index contributed by atoms with van der Waals surface area (Å²) in [6.45, 7) is 9.97. The summed E-state index contributed by atoms with van der Waals surface area (Å²) in [5, 5.41) is 2.71. The Kier molecular flexibility index (Phi) is 7.67. The minimum Gasteiger partial charge on any atom is -0.444 e. The highest BCUT2D eigenvalue weighted by Gasteiger charge is 2.15. The fourth-order valence-electron chi connectivity index (χ4n) is 1.12. The molecule has 0 bridgehead atoms. The van der Waals surface area contributed by atoms with Crippen LogP contribution in [-0.4, -0.2) is 11.7 Å². The van der Waals surface area contributed by atoms with Crippen molar-refractivity contribution >= 4 is 22.0 Å². The highest BCUT2D eigenvalue weighted by atomic mass is 79.9. The van der Waals surface area contributed by atoms with Gasteiger partial charge in [0, 0.05) is 11.0 Å². The number of carbonyl (C=O) groups is 1. The van der Waals surface area contributed by atoms with Crippen molar-refractivity contribution in [3.8, 4) is 0 Å². The number of hydrogen-bond acceptors (Lipinski definition) is 2. The number of halogens is 1. The predicted octanol–water partition coefficient (Wildman–Crippen LogP) is 4.50. The van der Waals surface area contributed by atoms with Gasteiger partial charge in [-0.05, 0) is 32.4 Å². The van der Waals surface area contributed by atoms with Gasteiger partial charge in [0.05, 0.1) is 0 Å². The molecule has 102 valence electrons. The minimum absolute atomic E-state index is 0.400. The zero-order chi connectivity index (χ0) is 14.2. The Labute approximate surface area is 118 Å². The highest BCUT2D eigenvalue weighted by molar-refractivity contribution is 9.10. The van der Waals surface area contributed by atoms with Crippen LogP contribution in [0.5, 0.6) is 0 Å². The molecule has 0 aromatic heterocycles. The van der Waals surface area contributed by atoms with Crippen LogP contribution in [0, 0.1) is 0 Å². The van der Waals surface area contributed by atoms with E-state index >= 15 is 0 Å². The largest absolute Gasteiger partial charge is 0.444 e. The second kappa shape index (κ2) is 8.14. The molecule has 1 amide bonds. The van der Waals surface area contributed by atoms with E-state index in [9.17, 15) is 4.79 Å². The fourth-order valence-corrected chi connectivity index (χ4v) is 1.55.